The molecule has 20 heavy (non-hydrogen) atoms. The molecule has 0 spiro atoms. The lowest BCUT2D eigenvalue weighted by molar-refractivity contribution is 0.832. The smallest absolute Gasteiger partial charge is 0.255 e. The van der Waals surface area contributed by atoms with E-state index in [1.807, 2.05) is 36.2 Å². The van der Waals surface area contributed by atoms with Gasteiger partial charge < -0.3 is 4.90 Å². The SMILES string of the molecule is CN(Cc1ccc(Cl)cc1)c1cc(Cl)nc2ncnn12. The molecule has 0 amide bonds. The second kappa shape index (κ2) is 5.26. The van der Waals surface area contributed by atoms with Crippen LogP contribution in [0.1, 0.15) is 5.56 Å². The third kappa shape index (κ3) is 2.55. The Balaban J connectivity index is 1.93. The fourth-order valence-corrected chi connectivity index (χ4v) is 2.28. The van der Waals surface area contributed by atoms with Crippen molar-refractivity contribution in [1.82, 2.24) is 19.6 Å². The molecule has 0 radical (unpaired) electrons. The van der Waals surface area contributed by atoms with Crippen molar-refractivity contribution in [3.8, 4) is 0 Å². The number of fused-ring (bicyclic) bond motifs is 1. The molecule has 0 bridgehead atoms. The lowest BCUT2D eigenvalue weighted by Crippen LogP contribution is -2.20. The van der Waals surface area contributed by atoms with Crippen molar-refractivity contribution in [3.63, 3.8) is 0 Å². The number of benzene rings is 1. The average molecular weight is 308 g/mol. The lowest BCUT2D eigenvalue weighted by Gasteiger charge is -2.19. The van der Waals surface area contributed by atoms with Crippen LogP contribution in [0.25, 0.3) is 5.78 Å². The summed E-state index contributed by atoms with van der Waals surface area (Å²) < 4.78 is 1.65. The van der Waals surface area contributed by atoms with E-state index in [1.165, 1.54) is 6.33 Å². The number of anilines is 1. The minimum absolute atomic E-state index is 0.392. The van der Waals surface area contributed by atoms with Crippen LogP contribution in [-0.4, -0.2) is 26.6 Å². The first-order valence-electron chi connectivity index (χ1n) is 5.95. The van der Waals surface area contributed by atoms with Crippen molar-refractivity contribution in [3.05, 3.63) is 52.4 Å². The van der Waals surface area contributed by atoms with Crippen LogP contribution >= 0.6 is 23.2 Å². The van der Waals surface area contributed by atoms with Gasteiger partial charge in [-0.2, -0.15) is 19.6 Å². The van der Waals surface area contributed by atoms with Crippen LogP contribution in [0.5, 0.6) is 0 Å². The van der Waals surface area contributed by atoms with Crippen LogP contribution in [-0.2, 0) is 6.54 Å². The van der Waals surface area contributed by atoms with Gasteiger partial charge in [0, 0.05) is 24.7 Å². The zero-order valence-corrected chi connectivity index (χ0v) is 12.2. The molecule has 1 aromatic carbocycles. The molecule has 0 fully saturated rings. The Labute approximate surface area is 125 Å². The normalized spacial score (nSPS) is 10.9. The molecule has 0 saturated heterocycles. The second-order valence-electron chi connectivity index (χ2n) is 4.39. The lowest BCUT2D eigenvalue weighted by atomic mass is 10.2. The van der Waals surface area contributed by atoms with Crippen LogP contribution in [0.15, 0.2) is 36.7 Å². The van der Waals surface area contributed by atoms with E-state index >= 15 is 0 Å². The fourth-order valence-electron chi connectivity index (χ4n) is 1.99. The number of rotatable bonds is 3. The van der Waals surface area contributed by atoms with Crippen molar-refractivity contribution < 1.29 is 0 Å². The van der Waals surface area contributed by atoms with Gasteiger partial charge in [0.2, 0.25) is 0 Å². The van der Waals surface area contributed by atoms with Crippen molar-refractivity contribution >= 4 is 34.8 Å². The predicted octanol–water partition coefficient (Wildman–Crippen LogP) is 3.07. The van der Waals surface area contributed by atoms with Gasteiger partial charge in [0.05, 0.1) is 0 Å². The fraction of sp³-hybridized carbons (Fsp3) is 0.154. The first kappa shape index (κ1) is 13.1. The Hall–Kier alpha value is -1.85. The maximum atomic E-state index is 6.01. The maximum Gasteiger partial charge on any atom is 0.255 e. The van der Waals surface area contributed by atoms with E-state index in [0.717, 1.165) is 16.4 Å². The number of hydrogen-bond acceptors (Lipinski definition) is 4. The van der Waals surface area contributed by atoms with Gasteiger partial charge in [0.15, 0.2) is 0 Å². The Morgan fingerprint density at radius 3 is 2.70 bits per heavy atom. The molecular weight excluding hydrogens is 297 g/mol. The van der Waals surface area contributed by atoms with Gasteiger partial charge in [0.1, 0.15) is 17.3 Å². The summed E-state index contributed by atoms with van der Waals surface area (Å²) in [5, 5.41) is 5.27. The number of aromatic nitrogens is 4. The van der Waals surface area contributed by atoms with Gasteiger partial charge in [-0.15, -0.1) is 0 Å². The molecule has 2 aromatic heterocycles. The summed E-state index contributed by atoms with van der Waals surface area (Å²) in [5.41, 5.74) is 1.14. The molecule has 7 heteroatoms. The van der Waals surface area contributed by atoms with E-state index in [1.54, 1.807) is 10.6 Å². The van der Waals surface area contributed by atoms with Gasteiger partial charge in [-0.3, -0.25) is 0 Å². The van der Waals surface area contributed by atoms with Gasteiger partial charge in [-0.05, 0) is 17.7 Å². The Morgan fingerprint density at radius 1 is 1.20 bits per heavy atom. The largest absolute Gasteiger partial charge is 0.355 e. The molecule has 3 rings (SSSR count). The highest BCUT2D eigenvalue weighted by Gasteiger charge is 2.11. The quantitative estimate of drug-likeness (QED) is 0.698. The van der Waals surface area contributed by atoms with Gasteiger partial charge in [-0.25, -0.2) is 0 Å². The Morgan fingerprint density at radius 2 is 1.95 bits per heavy atom. The molecule has 102 valence electrons. The number of hydrogen-bond donors (Lipinski definition) is 0. The topological polar surface area (TPSA) is 46.3 Å². The summed E-state index contributed by atoms with van der Waals surface area (Å²) in [7, 11) is 1.96. The predicted molar refractivity (Wildman–Crippen MR) is 79.4 cm³/mol. The third-order valence-electron chi connectivity index (χ3n) is 2.93. The van der Waals surface area contributed by atoms with Gasteiger partial charge >= 0.3 is 0 Å². The van der Waals surface area contributed by atoms with E-state index in [0.29, 0.717) is 17.5 Å². The van der Waals surface area contributed by atoms with E-state index in [2.05, 4.69) is 15.1 Å². The molecule has 0 N–H and O–H groups in total. The van der Waals surface area contributed by atoms with Crippen LogP contribution in [0.4, 0.5) is 5.82 Å². The molecule has 0 aliphatic rings. The van der Waals surface area contributed by atoms with Crippen molar-refractivity contribution in [2.45, 2.75) is 6.54 Å². The van der Waals surface area contributed by atoms with E-state index < -0.39 is 0 Å². The van der Waals surface area contributed by atoms with Crippen LogP contribution in [0.2, 0.25) is 10.2 Å². The first-order valence-corrected chi connectivity index (χ1v) is 6.71. The average Bonchev–Trinajstić information content (AvgIpc) is 2.88. The Bertz CT molecular complexity index is 738. The molecule has 0 atom stereocenters. The molecule has 0 unspecified atom stereocenters. The minimum atomic E-state index is 0.392. The second-order valence-corrected chi connectivity index (χ2v) is 5.22. The van der Waals surface area contributed by atoms with Crippen molar-refractivity contribution in [2.75, 3.05) is 11.9 Å². The molecule has 0 aliphatic heterocycles. The first-order chi connectivity index (χ1) is 9.63. The minimum Gasteiger partial charge on any atom is -0.355 e. The highest BCUT2D eigenvalue weighted by atomic mass is 35.5. The van der Waals surface area contributed by atoms with E-state index in [9.17, 15) is 0 Å². The van der Waals surface area contributed by atoms with E-state index in [4.69, 9.17) is 23.2 Å². The monoisotopic (exact) mass is 307 g/mol. The number of nitrogens with zero attached hydrogens (tertiary/aromatic N) is 5. The summed E-state index contributed by atoms with van der Waals surface area (Å²) in [6.45, 7) is 0.701. The van der Waals surface area contributed by atoms with Crippen molar-refractivity contribution in [1.29, 1.82) is 0 Å². The molecule has 3 aromatic rings. The summed E-state index contributed by atoms with van der Waals surface area (Å²) in [5.74, 6) is 1.31. The third-order valence-corrected chi connectivity index (χ3v) is 3.37. The molecule has 0 saturated carbocycles. The van der Waals surface area contributed by atoms with Crippen LogP contribution < -0.4 is 4.90 Å². The maximum absolute atomic E-state index is 6.01. The van der Waals surface area contributed by atoms with Crippen LogP contribution in [0, 0.1) is 0 Å². The zero-order chi connectivity index (χ0) is 14.1. The molecule has 0 aliphatic carbocycles. The zero-order valence-electron chi connectivity index (χ0n) is 10.7. The van der Waals surface area contributed by atoms with Gasteiger partial charge in [-0.1, -0.05) is 35.3 Å². The highest BCUT2D eigenvalue weighted by molar-refractivity contribution is 6.30. The van der Waals surface area contributed by atoms with E-state index in [-0.39, 0.29) is 0 Å². The summed E-state index contributed by atoms with van der Waals surface area (Å²) >= 11 is 11.9. The van der Waals surface area contributed by atoms with Gasteiger partial charge in [0.25, 0.3) is 5.78 Å². The standard InChI is InChI=1S/C13H11Cl2N5/c1-19(7-9-2-4-10(14)5-3-9)12-6-11(15)18-13-16-8-17-20(12)13/h2-6,8H,7H2,1H3. The van der Waals surface area contributed by atoms with Crippen LogP contribution in [0.3, 0.4) is 0 Å². The summed E-state index contributed by atoms with van der Waals surface area (Å²) in [4.78, 5) is 10.2. The highest BCUT2D eigenvalue weighted by Crippen LogP contribution is 2.20. The summed E-state index contributed by atoms with van der Waals surface area (Å²) in [6, 6.07) is 9.48. The molecule has 5 nitrogen and oxygen atoms in total. The molecular formula is C13H11Cl2N5. The number of halogens is 2. The molecule has 2 heterocycles. The van der Waals surface area contributed by atoms with Crippen molar-refractivity contribution in [2.24, 2.45) is 0 Å². The Kier molecular flexibility index (Phi) is 3.46. The summed E-state index contributed by atoms with van der Waals surface area (Å²) in [6.07, 6.45) is 1.46.